The molecule has 5 heteroatoms. The topological polar surface area (TPSA) is 36.7 Å². The first-order valence-corrected chi connectivity index (χ1v) is 8.74. The Morgan fingerprint density at radius 2 is 2.00 bits per heavy atom. The van der Waals surface area contributed by atoms with Gasteiger partial charge >= 0.3 is 0 Å². The molecular weight excluding hydrogens is 327 g/mol. The van der Waals surface area contributed by atoms with E-state index in [1.165, 1.54) is 23.7 Å². The van der Waals surface area contributed by atoms with Crippen LogP contribution in [0.2, 0.25) is 0 Å². The lowest BCUT2D eigenvalue weighted by Crippen LogP contribution is -2.07. The van der Waals surface area contributed by atoms with Gasteiger partial charge in [0.15, 0.2) is 0 Å². The largest absolute Gasteiger partial charge is 0.206 e. The van der Waals surface area contributed by atoms with E-state index in [-0.39, 0.29) is 10.3 Å². The fourth-order valence-electron chi connectivity index (χ4n) is 2.37. The predicted octanol–water partition coefficient (Wildman–Crippen LogP) is 5.86. The van der Waals surface area contributed by atoms with Crippen LogP contribution in [0.4, 0.5) is 4.39 Å². The molecule has 2 aromatic carbocycles. The summed E-state index contributed by atoms with van der Waals surface area (Å²) in [4.78, 5) is 1.10. The molecule has 0 bridgehead atoms. The number of nitrogens with zero attached hydrogens (tertiary/aromatic N) is 2. The molecule has 3 aromatic rings. The van der Waals surface area contributed by atoms with Crippen molar-refractivity contribution in [1.82, 2.24) is 4.37 Å². The molecule has 0 aliphatic rings. The van der Waals surface area contributed by atoms with Crippen molar-refractivity contribution in [3.8, 4) is 17.2 Å². The van der Waals surface area contributed by atoms with Crippen LogP contribution in [0.3, 0.4) is 0 Å². The molecule has 0 amide bonds. The number of halogens is 1. The second-order valence-corrected chi connectivity index (χ2v) is 8.87. The van der Waals surface area contributed by atoms with Crippen LogP contribution in [0.15, 0.2) is 41.4 Å². The van der Waals surface area contributed by atoms with Gasteiger partial charge in [-0.25, -0.2) is 4.39 Å². The van der Waals surface area contributed by atoms with Crippen molar-refractivity contribution in [3.05, 3.63) is 47.9 Å². The van der Waals surface area contributed by atoms with E-state index < -0.39 is 5.82 Å². The minimum atomic E-state index is -0.488. The van der Waals surface area contributed by atoms with E-state index in [4.69, 9.17) is 5.26 Å². The van der Waals surface area contributed by atoms with Gasteiger partial charge in [-0.1, -0.05) is 32.9 Å². The molecule has 0 aliphatic carbocycles. The van der Waals surface area contributed by atoms with Crippen molar-refractivity contribution in [3.63, 3.8) is 0 Å². The van der Waals surface area contributed by atoms with Gasteiger partial charge in [0, 0.05) is 26.8 Å². The van der Waals surface area contributed by atoms with Gasteiger partial charge in [-0.15, -0.1) is 11.8 Å². The van der Waals surface area contributed by atoms with E-state index in [1.807, 2.05) is 18.3 Å². The SMILES string of the molecule is CC(C)(C)Sc1ccc2cnsc2c1-c1ccc(C#N)c(F)c1. The van der Waals surface area contributed by atoms with E-state index >= 15 is 0 Å². The Bertz CT molecular complexity index is 917. The molecule has 1 aromatic heterocycles. The lowest BCUT2D eigenvalue weighted by Gasteiger charge is -2.20. The zero-order valence-corrected chi connectivity index (χ0v) is 14.7. The molecule has 0 radical (unpaired) electrons. The van der Waals surface area contributed by atoms with Gasteiger partial charge < -0.3 is 0 Å². The maximum absolute atomic E-state index is 14.1. The Labute approximate surface area is 143 Å². The molecule has 23 heavy (non-hydrogen) atoms. The maximum atomic E-state index is 14.1. The van der Waals surface area contributed by atoms with Crippen LogP contribution in [0.1, 0.15) is 26.3 Å². The fraction of sp³-hybridized carbons (Fsp3) is 0.222. The third-order valence-electron chi connectivity index (χ3n) is 3.28. The van der Waals surface area contributed by atoms with Gasteiger partial charge in [-0.3, -0.25) is 0 Å². The standard InChI is InChI=1S/C18H15FN2S2/c1-18(2,3)22-15-7-6-13-10-21-23-17(13)16(15)11-4-5-12(9-20)14(19)8-11/h4-8,10H,1-3H3. The Morgan fingerprint density at radius 3 is 2.65 bits per heavy atom. The lowest BCUT2D eigenvalue weighted by atomic mass is 10.0. The van der Waals surface area contributed by atoms with Gasteiger partial charge in [0.05, 0.1) is 10.3 Å². The van der Waals surface area contributed by atoms with Crippen LogP contribution >= 0.6 is 23.3 Å². The average Bonchev–Trinajstić information content (AvgIpc) is 2.93. The third kappa shape index (κ3) is 3.24. The molecule has 0 saturated carbocycles. The van der Waals surface area contributed by atoms with Crippen LogP contribution in [0, 0.1) is 17.1 Å². The van der Waals surface area contributed by atoms with Crippen molar-refractivity contribution >= 4 is 33.4 Å². The molecule has 0 atom stereocenters. The molecule has 1 heterocycles. The van der Waals surface area contributed by atoms with Crippen molar-refractivity contribution in [2.24, 2.45) is 0 Å². The van der Waals surface area contributed by atoms with Gasteiger partial charge in [0.1, 0.15) is 11.9 Å². The molecule has 2 nitrogen and oxygen atoms in total. The van der Waals surface area contributed by atoms with Gasteiger partial charge in [-0.05, 0) is 35.3 Å². The van der Waals surface area contributed by atoms with Crippen molar-refractivity contribution in [1.29, 1.82) is 5.26 Å². The first kappa shape index (κ1) is 16.0. The highest BCUT2D eigenvalue weighted by Crippen LogP contribution is 2.43. The van der Waals surface area contributed by atoms with E-state index in [0.717, 1.165) is 26.1 Å². The second-order valence-electron chi connectivity index (χ2n) is 6.20. The quantitative estimate of drug-likeness (QED) is 0.547. The summed E-state index contributed by atoms with van der Waals surface area (Å²) in [5, 5.41) is 9.97. The summed E-state index contributed by atoms with van der Waals surface area (Å²) in [5.74, 6) is -0.488. The number of thioether (sulfide) groups is 1. The van der Waals surface area contributed by atoms with Crippen LogP contribution in [0.5, 0.6) is 0 Å². The smallest absolute Gasteiger partial charge is 0.141 e. The molecular formula is C18H15FN2S2. The lowest BCUT2D eigenvalue weighted by molar-refractivity contribution is 0.624. The molecule has 0 aliphatic heterocycles. The first-order valence-electron chi connectivity index (χ1n) is 7.15. The number of hydrogen-bond donors (Lipinski definition) is 0. The number of nitriles is 1. The van der Waals surface area contributed by atoms with E-state index in [2.05, 4.69) is 37.3 Å². The summed E-state index contributed by atoms with van der Waals surface area (Å²) in [5.41, 5.74) is 1.84. The fourth-order valence-corrected chi connectivity index (χ4v) is 4.37. The van der Waals surface area contributed by atoms with Gasteiger partial charge in [0.2, 0.25) is 0 Å². The van der Waals surface area contributed by atoms with Crippen LogP contribution < -0.4 is 0 Å². The Hall–Kier alpha value is -1.90. The van der Waals surface area contributed by atoms with E-state index in [0.29, 0.717) is 0 Å². The third-order valence-corrected chi connectivity index (χ3v) is 5.29. The van der Waals surface area contributed by atoms with Gasteiger partial charge in [-0.2, -0.15) is 9.64 Å². The number of hydrogen-bond acceptors (Lipinski definition) is 4. The highest BCUT2D eigenvalue weighted by molar-refractivity contribution is 8.00. The zero-order chi connectivity index (χ0) is 16.6. The Balaban J connectivity index is 2.25. The summed E-state index contributed by atoms with van der Waals surface area (Å²) in [6, 6.07) is 10.8. The highest BCUT2D eigenvalue weighted by atomic mass is 32.2. The summed E-state index contributed by atoms with van der Waals surface area (Å²) in [6.45, 7) is 6.45. The zero-order valence-electron chi connectivity index (χ0n) is 13.1. The van der Waals surface area contributed by atoms with Crippen molar-refractivity contribution in [2.45, 2.75) is 30.4 Å². The molecule has 3 rings (SSSR count). The number of rotatable bonds is 2. The summed E-state index contributed by atoms with van der Waals surface area (Å²) < 4.78 is 19.4. The maximum Gasteiger partial charge on any atom is 0.141 e. The molecule has 0 unspecified atom stereocenters. The summed E-state index contributed by atoms with van der Waals surface area (Å²) in [6.07, 6.45) is 1.83. The van der Waals surface area contributed by atoms with E-state index in [1.54, 1.807) is 11.8 Å². The number of fused-ring (bicyclic) bond motifs is 1. The Kier molecular flexibility index (Phi) is 4.13. The average molecular weight is 342 g/mol. The molecule has 116 valence electrons. The number of aromatic nitrogens is 1. The van der Waals surface area contributed by atoms with Gasteiger partial charge in [0.25, 0.3) is 0 Å². The number of benzene rings is 2. The van der Waals surface area contributed by atoms with E-state index in [9.17, 15) is 4.39 Å². The van der Waals surface area contributed by atoms with Crippen LogP contribution in [0.25, 0.3) is 21.2 Å². The normalized spacial score (nSPS) is 11.6. The van der Waals surface area contributed by atoms with Crippen LogP contribution in [-0.4, -0.2) is 9.12 Å². The van der Waals surface area contributed by atoms with Crippen molar-refractivity contribution < 1.29 is 4.39 Å². The summed E-state index contributed by atoms with van der Waals surface area (Å²) in [7, 11) is 0. The first-order chi connectivity index (χ1) is 10.9. The highest BCUT2D eigenvalue weighted by Gasteiger charge is 2.19. The van der Waals surface area contributed by atoms with Crippen LogP contribution in [-0.2, 0) is 0 Å². The monoisotopic (exact) mass is 342 g/mol. The Morgan fingerprint density at radius 1 is 1.22 bits per heavy atom. The predicted molar refractivity (Wildman–Crippen MR) is 95.3 cm³/mol. The minimum Gasteiger partial charge on any atom is -0.206 e. The minimum absolute atomic E-state index is 0.0399. The molecule has 0 saturated heterocycles. The second kappa shape index (κ2) is 5.95. The van der Waals surface area contributed by atoms with Crippen molar-refractivity contribution in [2.75, 3.05) is 0 Å². The molecule has 0 N–H and O–H groups in total. The summed E-state index contributed by atoms with van der Waals surface area (Å²) >= 11 is 3.16. The molecule has 0 fully saturated rings. The molecule has 0 spiro atoms.